The maximum absolute atomic E-state index is 12.1. The van der Waals surface area contributed by atoms with E-state index in [-0.39, 0.29) is 6.42 Å². The Morgan fingerprint density at radius 3 is 2.67 bits per heavy atom. The first-order chi connectivity index (χ1) is 10.0. The molecule has 0 bridgehead atoms. The Labute approximate surface area is 121 Å². The van der Waals surface area contributed by atoms with Crippen molar-refractivity contribution in [2.24, 2.45) is 0 Å². The van der Waals surface area contributed by atoms with Crippen LogP contribution >= 0.6 is 0 Å². The standard InChI is InChI=1S/C15H17F3N2O/c1-21-13-6-4-5-12-11(13)7-10-20-14(12)19-9-3-2-8-15(16,17)18/h4-7,10H,2-3,8-9H2,1H3,(H,19,20). The van der Waals surface area contributed by atoms with Crippen molar-refractivity contribution >= 4 is 16.6 Å². The third-order valence-corrected chi connectivity index (χ3v) is 3.17. The van der Waals surface area contributed by atoms with E-state index in [0.717, 1.165) is 16.5 Å². The minimum absolute atomic E-state index is 0.116. The highest BCUT2D eigenvalue weighted by molar-refractivity contribution is 5.95. The molecule has 0 aliphatic rings. The van der Waals surface area contributed by atoms with Gasteiger partial charge in [-0.05, 0) is 25.0 Å². The van der Waals surface area contributed by atoms with E-state index >= 15 is 0 Å². The summed E-state index contributed by atoms with van der Waals surface area (Å²) in [6.07, 6.45) is -2.61. The third-order valence-electron chi connectivity index (χ3n) is 3.17. The lowest BCUT2D eigenvalue weighted by atomic mass is 10.1. The molecule has 0 spiro atoms. The summed E-state index contributed by atoms with van der Waals surface area (Å²) in [6, 6.07) is 7.47. The van der Waals surface area contributed by atoms with Gasteiger partial charge in [-0.2, -0.15) is 13.2 Å². The molecule has 2 rings (SSSR count). The molecule has 0 aliphatic carbocycles. The molecule has 0 unspecified atom stereocenters. The van der Waals surface area contributed by atoms with Gasteiger partial charge in [0.15, 0.2) is 0 Å². The molecule has 1 N–H and O–H groups in total. The number of benzene rings is 1. The largest absolute Gasteiger partial charge is 0.496 e. The van der Waals surface area contributed by atoms with Gasteiger partial charge in [0.1, 0.15) is 11.6 Å². The van der Waals surface area contributed by atoms with E-state index in [1.165, 1.54) is 0 Å². The number of anilines is 1. The van der Waals surface area contributed by atoms with Crippen LogP contribution in [-0.4, -0.2) is 24.8 Å². The van der Waals surface area contributed by atoms with Gasteiger partial charge in [0.25, 0.3) is 0 Å². The summed E-state index contributed by atoms with van der Waals surface area (Å²) in [5.74, 6) is 1.41. The molecule has 0 fully saturated rings. The van der Waals surface area contributed by atoms with Crippen molar-refractivity contribution < 1.29 is 17.9 Å². The molecule has 1 heterocycles. The number of nitrogens with one attached hydrogen (secondary N) is 1. The highest BCUT2D eigenvalue weighted by Crippen LogP contribution is 2.29. The summed E-state index contributed by atoms with van der Waals surface area (Å²) < 4.78 is 41.4. The van der Waals surface area contributed by atoms with E-state index in [2.05, 4.69) is 10.3 Å². The maximum atomic E-state index is 12.1. The van der Waals surface area contributed by atoms with Gasteiger partial charge in [0.2, 0.25) is 0 Å². The Hall–Kier alpha value is -1.98. The number of hydrogen-bond donors (Lipinski definition) is 1. The van der Waals surface area contributed by atoms with E-state index in [0.29, 0.717) is 18.8 Å². The molecule has 0 radical (unpaired) electrons. The molecule has 0 saturated heterocycles. The van der Waals surface area contributed by atoms with Crippen LogP contribution in [0.4, 0.5) is 19.0 Å². The lowest BCUT2D eigenvalue weighted by Gasteiger charge is -2.11. The molecule has 1 aromatic carbocycles. The smallest absolute Gasteiger partial charge is 0.389 e. The summed E-state index contributed by atoms with van der Waals surface area (Å²) in [5, 5.41) is 4.91. The molecule has 2 aromatic rings. The zero-order valence-corrected chi connectivity index (χ0v) is 11.7. The van der Waals surface area contributed by atoms with Crippen LogP contribution in [0.25, 0.3) is 10.8 Å². The molecule has 6 heteroatoms. The van der Waals surface area contributed by atoms with Gasteiger partial charge in [-0.15, -0.1) is 0 Å². The molecule has 0 amide bonds. The number of rotatable bonds is 6. The summed E-state index contributed by atoms with van der Waals surface area (Å²) in [4.78, 5) is 4.24. The molecule has 1 aromatic heterocycles. The lowest BCUT2D eigenvalue weighted by molar-refractivity contribution is -0.135. The average molecular weight is 298 g/mol. The fourth-order valence-corrected chi connectivity index (χ4v) is 2.15. The molecular formula is C15H17F3N2O. The molecule has 3 nitrogen and oxygen atoms in total. The zero-order chi connectivity index (χ0) is 15.3. The SMILES string of the molecule is COc1cccc2c(NCCCCC(F)(F)F)nccc12. The van der Waals surface area contributed by atoms with Gasteiger partial charge in [-0.1, -0.05) is 12.1 Å². The Balaban J connectivity index is 1.99. The average Bonchev–Trinajstić information content (AvgIpc) is 2.45. The van der Waals surface area contributed by atoms with Gasteiger partial charge in [0, 0.05) is 29.9 Å². The van der Waals surface area contributed by atoms with Crippen LogP contribution in [-0.2, 0) is 0 Å². The number of methoxy groups -OCH3 is 1. The predicted molar refractivity (Wildman–Crippen MR) is 76.7 cm³/mol. The van der Waals surface area contributed by atoms with Crippen LogP contribution in [0.1, 0.15) is 19.3 Å². The van der Waals surface area contributed by atoms with Crippen molar-refractivity contribution in [2.45, 2.75) is 25.4 Å². The number of unbranched alkanes of at least 4 members (excludes halogenated alkanes) is 1. The van der Waals surface area contributed by atoms with Crippen LogP contribution < -0.4 is 10.1 Å². The fraction of sp³-hybridized carbons (Fsp3) is 0.400. The van der Waals surface area contributed by atoms with Crippen molar-refractivity contribution in [2.75, 3.05) is 19.0 Å². The van der Waals surface area contributed by atoms with E-state index in [9.17, 15) is 13.2 Å². The summed E-state index contributed by atoms with van der Waals surface area (Å²) in [6.45, 7) is 0.458. The molecule has 114 valence electrons. The zero-order valence-electron chi connectivity index (χ0n) is 11.7. The number of alkyl halides is 3. The van der Waals surface area contributed by atoms with Crippen LogP contribution in [0.3, 0.4) is 0 Å². The Morgan fingerprint density at radius 1 is 1.14 bits per heavy atom. The Morgan fingerprint density at radius 2 is 1.95 bits per heavy atom. The fourth-order valence-electron chi connectivity index (χ4n) is 2.15. The lowest BCUT2D eigenvalue weighted by Crippen LogP contribution is -2.09. The quantitative estimate of drug-likeness (QED) is 0.803. The third kappa shape index (κ3) is 4.24. The summed E-state index contributed by atoms with van der Waals surface area (Å²) in [5.41, 5.74) is 0. The van der Waals surface area contributed by atoms with Crippen LogP contribution in [0.2, 0.25) is 0 Å². The van der Waals surface area contributed by atoms with Crippen LogP contribution in [0, 0.1) is 0 Å². The van der Waals surface area contributed by atoms with Crippen molar-refractivity contribution in [3.05, 3.63) is 30.5 Å². The second kappa shape index (κ2) is 6.65. The highest BCUT2D eigenvalue weighted by atomic mass is 19.4. The van der Waals surface area contributed by atoms with Crippen molar-refractivity contribution in [1.29, 1.82) is 0 Å². The molecular weight excluding hydrogens is 281 g/mol. The van der Waals surface area contributed by atoms with Crippen molar-refractivity contribution in [1.82, 2.24) is 4.98 Å². The number of pyridine rings is 1. The van der Waals surface area contributed by atoms with E-state index in [4.69, 9.17) is 4.74 Å². The van der Waals surface area contributed by atoms with Gasteiger partial charge >= 0.3 is 6.18 Å². The topological polar surface area (TPSA) is 34.1 Å². The van der Waals surface area contributed by atoms with Gasteiger partial charge in [-0.25, -0.2) is 4.98 Å². The number of ether oxygens (including phenoxy) is 1. The normalized spacial score (nSPS) is 11.6. The minimum Gasteiger partial charge on any atom is -0.496 e. The molecule has 0 aliphatic heterocycles. The van der Waals surface area contributed by atoms with Crippen molar-refractivity contribution in [3.8, 4) is 5.75 Å². The van der Waals surface area contributed by atoms with Crippen molar-refractivity contribution in [3.63, 3.8) is 0 Å². The first kappa shape index (κ1) is 15.4. The monoisotopic (exact) mass is 298 g/mol. The van der Waals surface area contributed by atoms with E-state index < -0.39 is 12.6 Å². The summed E-state index contributed by atoms with van der Waals surface area (Å²) in [7, 11) is 1.60. The Bertz CT molecular complexity index is 599. The number of aromatic nitrogens is 1. The Kier molecular flexibility index (Phi) is 4.88. The number of halogens is 3. The number of hydrogen-bond acceptors (Lipinski definition) is 3. The maximum Gasteiger partial charge on any atom is 0.389 e. The van der Waals surface area contributed by atoms with Gasteiger partial charge < -0.3 is 10.1 Å². The first-order valence-corrected chi connectivity index (χ1v) is 6.73. The number of fused-ring (bicyclic) bond motifs is 1. The number of nitrogens with zero attached hydrogens (tertiary/aromatic N) is 1. The van der Waals surface area contributed by atoms with E-state index in [1.807, 2.05) is 24.3 Å². The van der Waals surface area contributed by atoms with Gasteiger partial charge in [0.05, 0.1) is 7.11 Å². The van der Waals surface area contributed by atoms with Crippen LogP contribution in [0.5, 0.6) is 5.75 Å². The van der Waals surface area contributed by atoms with Gasteiger partial charge in [-0.3, -0.25) is 0 Å². The molecule has 0 atom stereocenters. The molecule has 21 heavy (non-hydrogen) atoms. The molecule has 0 saturated carbocycles. The predicted octanol–water partition coefficient (Wildman–Crippen LogP) is 4.39. The van der Waals surface area contributed by atoms with Crippen LogP contribution in [0.15, 0.2) is 30.5 Å². The summed E-state index contributed by atoms with van der Waals surface area (Å²) >= 11 is 0. The second-order valence-electron chi connectivity index (χ2n) is 4.71. The second-order valence-corrected chi connectivity index (χ2v) is 4.71. The highest BCUT2D eigenvalue weighted by Gasteiger charge is 2.25. The van der Waals surface area contributed by atoms with E-state index in [1.54, 1.807) is 13.3 Å². The minimum atomic E-state index is -4.08. The first-order valence-electron chi connectivity index (χ1n) is 6.73.